The number of aryl methyl sites for hydroxylation is 1. The van der Waals surface area contributed by atoms with E-state index in [1.54, 1.807) is 0 Å². The van der Waals surface area contributed by atoms with Crippen LogP contribution in [0.3, 0.4) is 0 Å². The molecule has 0 spiro atoms. The average Bonchev–Trinajstić information content (AvgIpc) is 2.10. The minimum atomic E-state index is -0.0561. The molecule has 0 radical (unpaired) electrons. The van der Waals surface area contributed by atoms with E-state index >= 15 is 0 Å². The van der Waals surface area contributed by atoms with Crippen molar-refractivity contribution < 1.29 is 0 Å². The van der Waals surface area contributed by atoms with E-state index in [1.807, 2.05) is 13.0 Å². The number of nitrogens with two attached hydrogens (primary N) is 2. The number of halogens is 1. The number of nitrogen functional groups attached to an aromatic ring is 1. The summed E-state index contributed by atoms with van der Waals surface area (Å²) in [6.45, 7) is 6.04. The maximum atomic E-state index is 6.02. The second-order valence-corrected chi connectivity index (χ2v) is 4.65. The average molecular weight is 258 g/mol. The van der Waals surface area contributed by atoms with Crippen LogP contribution in [0.5, 0.6) is 0 Å². The third-order valence-electron chi connectivity index (χ3n) is 2.29. The van der Waals surface area contributed by atoms with Gasteiger partial charge in [0.25, 0.3) is 0 Å². The maximum absolute atomic E-state index is 6.02. The van der Waals surface area contributed by atoms with Gasteiger partial charge in [-0.05, 0) is 34.8 Å². The van der Waals surface area contributed by atoms with Crippen molar-refractivity contribution >= 4 is 21.7 Å². The Balaban J connectivity index is 3.15. The van der Waals surface area contributed by atoms with Gasteiger partial charge in [0.2, 0.25) is 0 Å². The van der Waals surface area contributed by atoms with E-state index in [0.717, 1.165) is 15.7 Å². The minimum Gasteiger partial charge on any atom is -0.383 e. The number of pyridine rings is 1. The van der Waals surface area contributed by atoms with Crippen molar-refractivity contribution in [1.29, 1.82) is 0 Å². The van der Waals surface area contributed by atoms with Crippen LogP contribution in [0.25, 0.3) is 0 Å². The lowest BCUT2D eigenvalue weighted by Gasteiger charge is -2.18. The Hall–Kier alpha value is -0.610. The Labute approximate surface area is 93.0 Å². The number of aromatic nitrogens is 1. The van der Waals surface area contributed by atoms with Crippen LogP contribution < -0.4 is 11.5 Å². The van der Waals surface area contributed by atoms with E-state index in [2.05, 4.69) is 34.8 Å². The van der Waals surface area contributed by atoms with Crippen LogP contribution in [0.4, 0.5) is 5.82 Å². The molecule has 1 aromatic rings. The van der Waals surface area contributed by atoms with Gasteiger partial charge in [0.1, 0.15) is 5.82 Å². The molecule has 1 rings (SSSR count). The molecule has 0 saturated carbocycles. The first kappa shape index (κ1) is 11.5. The van der Waals surface area contributed by atoms with Crippen LogP contribution in [0.2, 0.25) is 0 Å². The van der Waals surface area contributed by atoms with Crippen molar-refractivity contribution in [3.05, 3.63) is 21.8 Å². The van der Waals surface area contributed by atoms with Gasteiger partial charge in [-0.2, -0.15) is 0 Å². The van der Waals surface area contributed by atoms with Gasteiger partial charge < -0.3 is 11.5 Å². The first-order valence-corrected chi connectivity index (χ1v) is 5.41. The molecule has 0 aliphatic rings. The second-order valence-electron chi connectivity index (χ2n) is 3.80. The summed E-state index contributed by atoms with van der Waals surface area (Å²) in [6, 6.07) is 1.90. The first-order chi connectivity index (χ1) is 6.43. The van der Waals surface area contributed by atoms with Crippen molar-refractivity contribution in [3.8, 4) is 0 Å². The van der Waals surface area contributed by atoms with Crippen LogP contribution in [0, 0.1) is 12.8 Å². The number of hydrogen-bond donors (Lipinski definition) is 2. The topological polar surface area (TPSA) is 64.9 Å². The summed E-state index contributed by atoms with van der Waals surface area (Å²) in [4.78, 5) is 4.23. The van der Waals surface area contributed by atoms with Crippen molar-refractivity contribution in [2.75, 3.05) is 5.73 Å². The number of nitrogens with zero attached hydrogens (tertiary/aromatic N) is 1. The number of hydrogen-bond acceptors (Lipinski definition) is 3. The molecule has 0 amide bonds. The summed E-state index contributed by atoms with van der Waals surface area (Å²) in [7, 11) is 0. The van der Waals surface area contributed by atoms with Crippen molar-refractivity contribution in [2.24, 2.45) is 11.7 Å². The highest BCUT2D eigenvalue weighted by Gasteiger charge is 2.15. The summed E-state index contributed by atoms with van der Waals surface area (Å²) in [5.74, 6) is 0.889. The molecule has 4 N–H and O–H groups in total. The number of rotatable bonds is 2. The predicted octanol–water partition coefficient (Wildman–Crippen LogP) is 2.39. The summed E-state index contributed by atoms with van der Waals surface area (Å²) < 4.78 is 0.956. The zero-order chi connectivity index (χ0) is 10.9. The lowest BCUT2D eigenvalue weighted by Crippen LogP contribution is -2.19. The molecule has 0 aliphatic heterocycles. The quantitative estimate of drug-likeness (QED) is 0.856. The maximum Gasteiger partial charge on any atom is 0.128 e. The van der Waals surface area contributed by atoms with Gasteiger partial charge in [0.15, 0.2) is 0 Å². The van der Waals surface area contributed by atoms with Crippen molar-refractivity contribution in [1.82, 2.24) is 4.98 Å². The molecule has 0 aliphatic carbocycles. The molecule has 1 atom stereocenters. The van der Waals surface area contributed by atoms with Gasteiger partial charge >= 0.3 is 0 Å². The normalized spacial score (nSPS) is 13.3. The zero-order valence-electron chi connectivity index (χ0n) is 8.71. The monoisotopic (exact) mass is 257 g/mol. The molecular weight excluding hydrogens is 242 g/mol. The highest BCUT2D eigenvalue weighted by atomic mass is 79.9. The Morgan fingerprint density at radius 2 is 2.00 bits per heavy atom. The van der Waals surface area contributed by atoms with Crippen LogP contribution in [0.1, 0.15) is 31.1 Å². The van der Waals surface area contributed by atoms with Crippen LogP contribution in [-0.4, -0.2) is 4.98 Å². The third kappa shape index (κ3) is 2.25. The van der Waals surface area contributed by atoms with Gasteiger partial charge in [-0.1, -0.05) is 13.8 Å². The Morgan fingerprint density at radius 3 is 2.50 bits per heavy atom. The summed E-state index contributed by atoms with van der Waals surface area (Å²) in [5, 5.41) is 0. The summed E-state index contributed by atoms with van der Waals surface area (Å²) in [6.07, 6.45) is 0. The Bertz CT molecular complexity index is 336. The molecule has 1 unspecified atom stereocenters. The van der Waals surface area contributed by atoms with Crippen LogP contribution in [0.15, 0.2) is 10.5 Å². The van der Waals surface area contributed by atoms with E-state index in [0.29, 0.717) is 11.7 Å². The molecule has 0 fully saturated rings. The van der Waals surface area contributed by atoms with E-state index < -0.39 is 0 Å². The molecule has 78 valence electrons. The zero-order valence-corrected chi connectivity index (χ0v) is 10.3. The molecule has 14 heavy (non-hydrogen) atoms. The molecule has 0 aromatic carbocycles. The molecular formula is C10H16BrN3. The van der Waals surface area contributed by atoms with Gasteiger partial charge in [0.05, 0.1) is 5.69 Å². The van der Waals surface area contributed by atoms with Crippen LogP contribution >= 0.6 is 15.9 Å². The molecule has 3 nitrogen and oxygen atoms in total. The molecule has 0 bridgehead atoms. The van der Waals surface area contributed by atoms with Crippen molar-refractivity contribution in [2.45, 2.75) is 26.8 Å². The van der Waals surface area contributed by atoms with Gasteiger partial charge in [-0.15, -0.1) is 0 Å². The molecule has 4 heteroatoms. The van der Waals surface area contributed by atoms with Gasteiger partial charge in [-0.25, -0.2) is 4.98 Å². The van der Waals surface area contributed by atoms with E-state index in [4.69, 9.17) is 11.5 Å². The molecule has 1 aromatic heterocycles. The fourth-order valence-corrected chi connectivity index (χ4v) is 1.57. The summed E-state index contributed by atoms with van der Waals surface area (Å²) >= 11 is 3.42. The lowest BCUT2D eigenvalue weighted by atomic mass is 9.97. The molecule has 1 heterocycles. The number of anilines is 1. The summed E-state index contributed by atoms with van der Waals surface area (Å²) in [5.41, 5.74) is 13.6. The smallest absolute Gasteiger partial charge is 0.128 e. The predicted molar refractivity (Wildman–Crippen MR) is 62.9 cm³/mol. The van der Waals surface area contributed by atoms with E-state index in [-0.39, 0.29) is 6.04 Å². The minimum absolute atomic E-state index is 0.0561. The van der Waals surface area contributed by atoms with E-state index in [1.165, 1.54) is 0 Å². The highest BCUT2D eigenvalue weighted by Crippen LogP contribution is 2.27. The Morgan fingerprint density at radius 1 is 1.43 bits per heavy atom. The fourth-order valence-electron chi connectivity index (χ4n) is 1.24. The lowest BCUT2D eigenvalue weighted by molar-refractivity contribution is 0.514. The van der Waals surface area contributed by atoms with Gasteiger partial charge in [-0.3, -0.25) is 0 Å². The Kier molecular flexibility index (Phi) is 3.50. The molecule has 0 saturated heterocycles. The van der Waals surface area contributed by atoms with Crippen LogP contribution in [-0.2, 0) is 0 Å². The third-order valence-corrected chi connectivity index (χ3v) is 3.09. The SMILES string of the molecule is Cc1nc(N)c(C(N)C(C)C)cc1Br. The highest BCUT2D eigenvalue weighted by molar-refractivity contribution is 9.10. The first-order valence-electron chi connectivity index (χ1n) is 4.61. The standard InChI is InChI=1S/C10H16BrN3/c1-5(2)9(12)7-4-8(11)6(3)14-10(7)13/h4-5,9H,12H2,1-3H3,(H2,13,14). The van der Waals surface area contributed by atoms with Gasteiger partial charge in [0, 0.05) is 16.1 Å². The van der Waals surface area contributed by atoms with Crippen molar-refractivity contribution in [3.63, 3.8) is 0 Å². The second kappa shape index (κ2) is 4.28. The largest absolute Gasteiger partial charge is 0.383 e. The van der Waals surface area contributed by atoms with E-state index in [9.17, 15) is 0 Å². The fraction of sp³-hybridized carbons (Fsp3) is 0.500.